The van der Waals surface area contributed by atoms with Gasteiger partial charge in [-0.25, -0.2) is 0 Å². The second kappa shape index (κ2) is 14.0. The minimum absolute atomic E-state index is 0.173. The van der Waals surface area contributed by atoms with E-state index in [0.29, 0.717) is 6.61 Å². The molecule has 104 valence electrons. The predicted molar refractivity (Wildman–Crippen MR) is 77.5 cm³/mol. The summed E-state index contributed by atoms with van der Waals surface area (Å²) >= 11 is 0. The molecule has 0 saturated heterocycles. The summed E-state index contributed by atoms with van der Waals surface area (Å²) in [5.74, 6) is -0.173. The maximum Gasteiger partial charge on any atom is 0.302 e. The summed E-state index contributed by atoms with van der Waals surface area (Å²) in [5, 5.41) is 0. The lowest BCUT2D eigenvalue weighted by Crippen LogP contribution is -1.99. The Labute approximate surface area is 112 Å². The van der Waals surface area contributed by atoms with Gasteiger partial charge in [-0.1, -0.05) is 56.9 Å². The number of ether oxygens (including phenoxy) is 1. The fourth-order valence-electron chi connectivity index (χ4n) is 1.61. The van der Waals surface area contributed by atoms with E-state index in [1.807, 2.05) is 0 Å². The third kappa shape index (κ3) is 14.9. The molecule has 2 nitrogen and oxygen atoms in total. The molecule has 0 spiro atoms. The van der Waals surface area contributed by atoms with Crippen LogP contribution >= 0.6 is 0 Å². The van der Waals surface area contributed by atoms with E-state index in [2.05, 4.69) is 31.2 Å². The third-order valence-corrected chi connectivity index (χ3v) is 2.68. The van der Waals surface area contributed by atoms with Crippen LogP contribution in [0.5, 0.6) is 0 Å². The molecule has 2 heteroatoms. The smallest absolute Gasteiger partial charge is 0.302 e. The number of carbonyl (C=O) groups excluding carboxylic acids is 1. The van der Waals surface area contributed by atoms with Crippen molar-refractivity contribution in [2.24, 2.45) is 0 Å². The molecule has 0 amide bonds. The Morgan fingerprint density at radius 3 is 2.17 bits per heavy atom. The van der Waals surface area contributed by atoms with Crippen molar-refractivity contribution in [3.63, 3.8) is 0 Å². The van der Waals surface area contributed by atoms with Crippen LogP contribution in [0.1, 0.15) is 65.2 Å². The molecule has 0 aromatic rings. The van der Waals surface area contributed by atoms with E-state index in [-0.39, 0.29) is 5.97 Å². The fourth-order valence-corrected chi connectivity index (χ4v) is 1.61. The van der Waals surface area contributed by atoms with E-state index in [4.69, 9.17) is 4.74 Å². The number of esters is 1. The topological polar surface area (TPSA) is 26.3 Å². The zero-order valence-corrected chi connectivity index (χ0v) is 12.0. The second-order valence-electron chi connectivity index (χ2n) is 4.54. The van der Waals surface area contributed by atoms with Crippen molar-refractivity contribution in [2.75, 3.05) is 6.61 Å². The number of allylic oxidation sites excluding steroid dienone is 4. The van der Waals surface area contributed by atoms with Gasteiger partial charge in [-0.05, 0) is 25.7 Å². The molecule has 0 radical (unpaired) electrons. The maximum atomic E-state index is 10.5. The number of hydrogen-bond donors (Lipinski definition) is 0. The van der Waals surface area contributed by atoms with Gasteiger partial charge < -0.3 is 4.74 Å². The van der Waals surface area contributed by atoms with Gasteiger partial charge in [-0.2, -0.15) is 0 Å². The lowest BCUT2D eigenvalue weighted by Gasteiger charge is -2.00. The van der Waals surface area contributed by atoms with Crippen LogP contribution in [-0.4, -0.2) is 12.6 Å². The normalized spacial score (nSPS) is 11.4. The third-order valence-electron chi connectivity index (χ3n) is 2.68. The Kier molecular flexibility index (Phi) is 13.2. The average Bonchev–Trinajstić information content (AvgIpc) is 2.34. The van der Waals surface area contributed by atoms with Gasteiger partial charge in [-0.15, -0.1) is 0 Å². The van der Waals surface area contributed by atoms with Crippen molar-refractivity contribution in [3.8, 4) is 0 Å². The van der Waals surface area contributed by atoms with Crippen LogP contribution in [0.2, 0.25) is 0 Å². The Bertz CT molecular complexity index is 241. The molecule has 0 N–H and O–H groups in total. The molecule has 0 bridgehead atoms. The number of rotatable bonds is 11. The fraction of sp³-hybridized carbons (Fsp3) is 0.688. The molecule has 0 atom stereocenters. The minimum atomic E-state index is -0.173. The summed E-state index contributed by atoms with van der Waals surface area (Å²) < 4.78 is 4.87. The highest BCUT2D eigenvalue weighted by Crippen LogP contribution is 2.04. The molecule has 0 aliphatic carbocycles. The highest BCUT2D eigenvalue weighted by molar-refractivity contribution is 5.65. The first-order chi connectivity index (χ1) is 8.77. The predicted octanol–water partition coefficient (Wildman–Crippen LogP) is 4.80. The Hall–Kier alpha value is -1.05. The SMILES string of the molecule is CCCC/C=C/C=C/CCCCCCOC(C)=O. The summed E-state index contributed by atoms with van der Waals surface area (Å²) in [6, 6.07) is 0. The van der Waals surface area contributed by atoms with Crippen molar-refractivity contribution < 1.29 is 9.53 Å². The van der Waals surface area contributed by atoms with Gasteiger partial charge in [0.2, 0.25) is 0 Å². The molecule has 0 saturated carbocycles. The molecule has 0 aromatic carbocycles. The standard InChI is InChI=1S/C16H28O2/c1-3-4-5-6-7-8-9-10-11-12-13-14-15-18-16(2)17/h6-9H,3-5,10-15H2,1-2H3/b7-6+,9-8+. The van der Waals surface area contributed by atoms with Crippen molar-refractivity contribution >= 4 is 5.97 Å². The molecule has 0 fully saturated rings. The lowest BCUT2D eigenvalue weighted by atomic mass is 10.1. The van der Waals surface area contributed by atoms with E-state index in [1.165, 1.54) is 39.0 Å². The van der Waals surface area contributed by atoms with Gasteiger partial charge in [0.05, 0.1) is 6.61 Å². The summed E-state index contributed by atoms with van der Waals surface area (Å²) in [6.07, 6.45) is 18.2. The van der Waals surface area contributed by atoms with E-state index in [1.54, 1.807) is 0 Å². The molecule has 0 rings (SSSR count). The Morgan fingerprint density at radius 1 is 0.944 bits per heavy atom. The van der Waals surface area contributed by atoms with Crippen LogP contribution in [0, 0.1) is 0 Å². The molecule has 0 unspecified atom stereocenters. The van der Waals surface area contributed by atoms with Crippen LogP contribution in [0.25, 0.3) is 0 Å². The molecule has 18 heavy (non-hydrogen) atoms. The first-order valence-electron chi connectivity index (χ1n) is 7.22. The lowest BCUT2D eigenvalue weighted by molar-refractivity contribution is -0.141. The monoisotopic (exact) mass is 252 g/mol. The van der Waals surface area contributed by atoms with Crippen LogP contribution in [0.4, 0.5) is 0 Å². The summed E-state index contributed by atoms with van der Waals surface area (Å²) in [6.45, 7) is 4.25. The van der Waals surface area contributed by atoms with Crippen molar-refractivity contribution in [3.05, 3.63) is 24.3 Å². The van der Waals surface area contributed by atoms with Gasteiger partial charge in [0.15, 0.2) is 0 Å². The van der Waals surface area contributed by atoms with Gasteiger partial charge >= 0.3 is 5.97 Å². The highest BCUT2D eigenvalue weighted by atomic mass is 16.5. The number of unbranched alkanes of at least 4 members (excludes halogenated alkanes) is 6. The van der Waals surface area contributed by atoms with Gasteiger partial charge in [0.1, 0.15) is 0 Å². The van der Waals surface area contributed by atoms with E-state index < -0.39 is 0 Å². The summed E-state index contributed by atoms with van der Waals surface area (Å²) in [4.78, 5) is 10.5. The largest absolute Gasteiger partial charge is 0.466 e. The van der Waals surface area contributed by atoms with Crippen molar-refractivity contribution in [2.45, 2.75) is 65.2 Å². The van der Waals surface area contributed by atoms with Gasteiger partial charge in [0, 0.05) is 6.92 Å². The maximum absolute atomic E-state index is 10.5. The first kappa shape index (κ1) is 16.9. The number of carbonyl (C=O) groups is 1. The molecule has 0 aromatic heterocycles. The molecule has 0 aliphatic rings. The zero-order chi connectivity index (χ0) is 13.5. The molecular formula is C16H28O2. The minimum Gasteiger partial charge on any atom is -0.466 e. The van der Waals surface area contributed by atoms with Gasteiger partial charge in [0.25, 0.3) is 0 Å². The second-order valence-corrected chi connectivity index (χ2v) is 4.54. The van der Waals surface area contributed by atoms with Crippen LogP contribution in [0.3, 0.4) is 0 Å². The van der Waals surface area contributed by atoms with Crippen LogP contribution in [0.15, 0.2) is 24.3 Å². The zero-order valence-electron chi connectivity index (χ0n) is 12.0. The number of hydrogen-bond acceptors (Lipinski definition) is 2. The molecule has 0 heterocycles. The first-order valence-corrected chi connectivity index (χ1v) is 7.22. The summed E-state index contributed by atoms with van der Waals surface area (Å²) in [5.41, 5.74) is 0. The quantitative estimate of drug-likeness (QED) is 0.300. The Morgan fingerprint density at radius 2 is 1.56 bits per heavy atom. The molecule has 0 aliphatic heterocycles. The van der Waals surface area contributed by atoms with Crippen LogP contribution in [-0.2, 0) is 9.53 Å². The Balaban J connectivity index is 3.17. The van der Waals surface area contributed by atoms with Crippen molar-refractivity contribution in [1.29, 1.82) is 0 Å². The molecular weight excluding hydrogens is 224 g/mol. The highest BCUT2D eigenvalue weighted by Gasteiger charge is 1.92. The average molecular weight is 252 g/mol. The van der Waals surface area contributed by atoms with E-state index >= 15 is 0 Å². The van der Waals surface area contributed by atoms with E-state index in [9.17, 15) is 4.79 Å². The van der Waals surface area contributed by atoms with E-state index in [0.717, 1.165) is 19.3 Å². The van der Waals surface area contributed by atoms with Gasteiger partial charge in [-0.3, -0.25) is 4.79 Å². The van der Waals surface area contributed by atoms with Crippen LogP contribution < -0.4 is 0 Å². The van der Waals surface area contributed by atoms with Crippen molar-refractivity contribution in [1.82, 2.24) is 0 Å². The summed E-state index contributed by atoms with van der Waals surface area (Å²) in [7, 11) is 0.